The van der Waals surface area contributed by atoms with E-state index in [4.69, 9.17) is 10.5 Å². The van der Waals surface area contributed by atoms with Crippen LogP contribution in [0, 0.1) is 11.6 Å². The van der Waals surface area contributed by atoms with Gasteiger partial charge in [-0.15, -0.1) is 0 Å². The van der Waals surface area contributed by atoms with Crippen LogP contribution in [0.4, 0.5) is 20.2 Å². The van der Waals surface area contributed by atoms with E-state index in [9.17, 15) is 13.9 Å². The number of anilines is 2. The predicted molar refractivity (Wildman–Crippen MR) is 66.4 cm³/mol. The van der Waals surface area contributed by atoms with Crippen molar-refractivity contribution >= 4 is 11.4 Å². The van der Waals surface area contributed by atoms with Crippen LogP contribution in [0.25, 0.3) is 0 Å². The fourth-order valence-electron chi connectivity index (χ4n) is 1.43. The van der Waals surface area contributed by atoms with Gasteiger partial charge in [-0.2, -0.15) is 0 Å². The topological polar surface area (TPSA) is 67.5 Å². The third-order valence-electron chi connectivity index (χ3n) is 2.62. The molecular formula is C12H18F2N2O2. The molecule has 18 heavy (non-hydrogen) atoms. The summed E-state index contributed by atoms with van der Waals surface area (Å²) in [6.07, 6.45) is 0.368. The summed E-state index contributed by atoms with van der Waals surface area (Å²) >= 11 is 0. The lowest BCUT2D eigenvalue weighted by atomic mass is 10.0. The summed E-state index contributed by atoms with van der Waals surface area (Å²) in [6, 6.07) is 2.23. The molecule has 0 aliphatic heterocycles. The van der Waals surface area contributed by atoms with Gasteiger partial charge in [-0.1, -0.05) is 0 Å². The normalized spacial score (nSPS) is 14.3. The van der Waals surface area contributed by atoms with Crippen LogP contribution in [-0.4, -0.2) is 31.0 Å². The lowest BCUT2D eigenvalue weighted by molar-refractivity contribution is 0.0357. The highest BCUT2D eigenvalue weighted by molar-refractivity contribution is 5.66. The lowest BCUT2D eigenvalue weighted by Gasteiger charge is -2.24. The zero-order valence-electron chi connectivity index (χ0n) is 10.5. The van der Waals surface area contributed by atoms with Crippen molar-refractivity contribution in [2.45, 2.75) is 18.9 Å². The molecule has 0 bridgehead atoms. The second kappa shape index (κ2) is 5.97. The van der Waals surface area contributed by atoms with Crippen LogP contribution >= 0.6 is 0 Å². The summed E-state index contributed by atoms with van der Waals surface area (Å²) in [5.41, 5.74) is 4.41. The molecule has 0 saturated carbocycles. The van der Waals surface area contributed by atoms with Gasteiger partial charge < -0.3 is 20.9 Å². The number of methoxy groups -OCH3 is 1. The second-order valence-electron chi connectivity index (χ2n) is 4.42. The van der Waals surface area contributed by atoms with Crippen LogP contribution in [0.1, 0.15) is 13.3 Å². The maximum atomic E-state index is 13.5. The van der Waals surface area contributed by atoms with Crippen LogP contribution < -0.4 is 11.1 Å². The van der Waals surface area contributed by atoms with Crippen LogP contribution in [0.15, 0.2) is 12.1 Å². The Kier molecular flexibility index (Phi) is 4.86. The zero-order valence-corrected chi connectivity index (χ0v) is 10.5. The minimum Gasteiger partial charge on any atom is -0.397 e. The van der Waals surface area contributed by atoms with Gasteiger partial charge in [-0.3, -0.25) is 0 Å². The molecule has 0 saturated heterocycles. The first-order valence-electron chi connectivity index (χ1n) is 5.56. The average Bonchev–Trinajstić information content (AvgIpc) is 2.31. The molecule has 1 aromatic rings. The smallest absolute Gasteiger partial charge is 0.183 e. The molecule has 0 aliphatic rings. The summed E-state index contributed by atoms with van der Waals surface area (Å²) < 4.78 is 31.3. The molecular weight excluding hydrogens is 242 g/mol. The molecule has 0 fully saturated rings. The Bertz CT molecular complexity index is 411. The van der Waals surface area contributed by atoms with Crippen molar-refractivity contribution in [1.29, 1.82) is 0 Å². The van der Waals surface area contributed by atoms with Crippen molar-refractivity contribution in [3.63, 3.8) is 0 Å². The number of benzene rings is 1. The van der Waals surface area contributed by atoms with E-state index in [1.54, 1.807) is 6.92 Å². The number of nitrogen functional groups attached to an aromatic ring is 1. The molecule has 0 heterocycles. The van der Waals surface area contributed by atoms with Gasteiger partial charge in [0.1, 0.15) is 0 Å². The van der Waals surface area contributed by atoms with Crippen molar-refractivity contribution in [3.8, 4) is 0 Å². The van der Waals surface area contributed by atoms with E-state index in [0.717, 1.165) is 6.07 Å². The number of ether oxygens (including phenoxy) is 1. The molecule has 0 radical (unpaired) electrons. The van der Waals surface area contributed by atoms with E-state index in [0.29, 0.717) is 13.0 Å². The maximum Gasteiger partial charge on any atom is 0.183 e. The minimum atomic E-state index is -1.10. The zero-order chi connectivity index (χ0) is 13.8. The fraction of sp³-hybridized carbons (Fsp3) is 0.500. The second-order valence-corrected chi connectivity index (χ2v) is 4.42. The molecule has 1 rings (SSSR count). The first-order chi connectivity index (χ1) is 8.37. The highest BCUT2D eigenvalue weighted by Gasteiger charge is 2.21. The fourth-order valence-corrected chi connectivity index (χ4v) is 1.43. The minimum absolute atomic E-state index is 0.0426. The Balaban J connectivity index is 2.71. The predicted octanol–water partition coefficient (Wildman–Crippen LogP) is 1.75. The van der Waals surface area contributed by atoms with Crippen molar-refractivity contribution in [2.24, 2.45) is 0 Å². The number of nitrogens with one attached hydrogen (secondary N) is 1. The van der Waals surface area contributed by atoms with Gasteiger partial charge >= 0.3 is 0 Å². The largest absolute Gasteiger partial charge is 0.397 e. The standard InChI is InChI=1S/C12H18F2N2O2/c1-12(17,5-6-18-2)7-16-11-9(15)4-3-8(13)10(11)14/h3-4,16-17H,5-7,15H2,1-2H3. The van der Waals surface area contributed by atoms with E-state index >= 15 is 0 Å². The van der Waals surface area contributed by atoms with Gasteiger partial charge in [-0.05, 0) is 19.1 Å². The molecule has 0 aromatic heterocycles. The summed E-state index contributed by atoms with van der Waals surface area (Å²) in [7, 11) is 1.52. The van der Waals surface area contributed by atoms with Crippen LogP contribution in [0.3, 0.4) is 0 Å². The van der Waals surface area contributed by atoms with Crippen molar-refractivity contribution < 1.29 is 18.6 Å². The van der Waals surface area contributed by atoms with Gasteiger partial charge in [0.15, 0.2) is 11.6 Å². The molecule has 1 unspecified atom stereocenters. The lowest BCUT2D eigenvalue weighted by Crippen LogP contribution is -2.35. The summed E-state index contributed by atoms with van der Waals surface area (Å²) in [5.74, 6) is -2.03. The highest BCUT2D eigenvalue weighted by atomic mass is 19.2. The van der Waals surface area contributed by atoms with Crippen molar-refractivity contribution in [1.82, 2.24) is 0 Å². The summed E-state index contributed by atoms with van der Waals surface area (Å²) in [4.78, 5) is 0. The molecule has 0 spiro atoms. The Morgan fingerprint density at radius 1 is 1.44 bits per heavy atom. The van der Waals surface area contributed by atoms with E-state index < -0.39 is 17.2 Å². The van der Waals surface area contributed by atoms with Gasteiger partial charge in [0.05, 0.1) is 17.0 Å². The third kappa shape index (κ3) is 3.82. The molecule has 0 aliphatic carbocycles. The Labute approximate surface area is 105 Å². The summed E-state index contributed by atoms with van der Waals surface area (Å²) in [6.45, 7) is 1.99. The van der Waals surface area contributed by atoms with Gasteiger partial charge in [0, 0.05) is 26.7 Å². The number of halogens is 2. The average molecular weight is 260 g/mol. The number of rotatable bonds is 6. The molecule has 6 heteroatoms. The molecule has 1 aromatic carbocycles. The molecule has 1 atom stereocenters. The van der Waals surface area contributed by atoms with Gasteiger partial charge in [0.25, 0.3) is 0 Å². The summed E-state index contributed by atoms with van der Waals surface area (Å²) in [5, 5.41) is 12.6. The first kappa shape index (κ1) is 14.7. The van der Waals surface area contributed by atoms with Gasteiger partial charge in [0.2, 0.25) is 0 Å². The van der Waals surface area contributed by atoms with E-state index in [2.05, 4.69) is 5.32 Å². The SMILES string of the molecule is COCCC(C)(O)CNc1c(N)ccc(F)c1F. The molecule has 102 valence electrons. The number of aliphatic hydroxyl groups is 1. The molecule has 4 nitrogen and oxygen atoms in total. The van der Waals surface area contributed by atoms with E-state index in [1.807, 2.05) is 0 Å². The Morgan fingerprint density at radius 2 is 2.11 bits per heavy atom. The number of hydrogen-bond donors (Lipinski definition) is 3. The monoisotopic (exact) mass is 260 g/mol. The Morgan fingerprint density at radius 3 is 2.72 bits per heavy atom. The van der Waals surface area contributed by atoms with Crippen LogP contribution in [0.2, 0.25) is 0 Å². The molecule has 0 amide bonds. The maximum absolute atomic E-state index is 13.5. The van der Waals surface area contributed by atoms with E-state index in [-0.39, 0.29) is 17.9 Å². The van der Waals surface area contributed by atoms with Crippen LogP contribution in [0.5, 0.6) is 0 Å². The highest BCUT2D eigenvalue weighted by Crippen LogP contribution is 2.25. The Hall–Kier alpha value is -1.40. The quantitative estimate of drug-likeness (QED) is 0.682. The van der Waals surface area contributed by atoms with Crippen LogP contribution in [-0.2, 0) is 4.74 Å². The van der Waals surface area contributed by atoms with E-state index in [1.165, 1.54) is 13.2 Å². The van der Waals surface area contributed by atoms with Crippen molar-refractivity contribution in [3.05, 3.63) is 23.8 Å². The van der Waals surface area contributed by atoms with Gasteiger partial charge in [-0.25, -0.2) is 8.78 Å². The van der Waals surface area contributed by atoms with Crippen molar-refractivity contribution in [2.75, 3.05) is 31.3 Å². The number of nitrogens with two attached hydrogens (primary N) is 1. The number of hydrogen-bond acceptors (Lipinski definition) is 4. The molecule has 4 N–H and O–H groups in total. The third-order valence-corrected chi connectivity index (χ3v) is 2.62. The first-order valence-corrected chi connectivity index (χ1v) is 5.56.